The van der Waals surface area contributed by atoms with E-state index in [1.807, 2.05) is 0 Å². The van der Waals surface area contributed by atoms with Gasteiger partial charge in [-0.05, 0) is 46.3 Å². The van der Waals surface area contributed by atoms with E-state index in [1.165, 1.54) is 13.3 Å². The summed E-state index contributed by atoms with van der Waals surface area (Å²) in [6, 6.07) is 9.92. The summed E-state index contributed by atoms with van der Waals surface area (Å²) in [5.74, 6) is 0.306. The van der Waals surface area contributed by atoms with Crippen LogP contribution in [0.1, 0.15) is 5.56 Å². The summed E-state index contributed by atoms with van der Waals surface area (Å²) in [5.41, 5.74) is 2.72. The molecule has 0 unspecified atom stereocenters. The van der Waals surface area contributed by atoms with E-state index in [2.05, 4.69) is 26.5 Å². The van der Waals surface area contributed by atoms with Crippen molar-refractivity contribution in [2.75, 3.05) is 13.7 Å². The summed E-state index contributed by atoms with van der Waals surface area (Å²) in [6.45, 7) is -0.221. The zero-order valence-corrected chi connectivity index (χ0v) is 15.0. The molecule has 0 saturated heterocycles. The number of nitrogens with one attached hydrogen (secondary N) is 1. The van der Waals surface area contributed by atoms with Gasteiger partial charge >= 0.3 is 0 Å². The first kappa shape index (κ1) is 18.1. The van der Waals surface area contributed by atoms with Crippen LogP contribution in [0.2, 0.25) is 5.02 Å². The maximum Gasteiger partial charge on any atom is 0.277 e. The number of aromatic hydroxyl groups is 1. The van der Waals surface area contributed by atoms with Crippen LogP contribution in [0.5, 0.6) is 17.2 Å². The molecule has 0 fully saturated rings. The number of hydrogen-bond acceptors (Lipinski definition) is 5. The van der Waals surface area contributed by atoms with E-state index in [0.29, 0.717) is 26.6 Å². The van der Waals surface area contributed by atoms with Crippen LogP contribution >= 0.6 is 27.5 Å². The highest BCUT2D eigenvalue weighted by Gasteiger charge is 2.07. The average Bonchev–Trinajstić information content (AvgIpc) is 2.55. The van der Waals surface area contributed by atoms with Crippen LogP contribution in [0, 0.1) is 0 Å². The van der Waals surface area contributed by atoms with Crippen LogP contribution in [0.3, 0.4) is 0 Å². The third-order valence-corrected chi connectivity index (χ3v) is 3.75. The number of phenols is 1. The maximum absolute atomic E-state index is 11.7. The number of carbonyl (C=O) groups is 1. The maximum atomic E-state index is 11.7. The normalized spacial score (nSPS) is 10.6. The topological polar surface area (TPSA) is 80.2 Å². The van der Waals surface area contributed by atoms with Crippen molar-refractivity contribution in [3.63, 3.8) is 0 Å². The smallest absolute Gasteiger partial charge is 0.277 e. The number of ether oxygens (including phenoxy) is 2. The Morgan fingerprint density at radius 2 is 2.17 bits per heavy atom. The quantitative estimate of drug-likeness (QED) is 0.562. The number of halogens is 2. The number of hydrogen-bond donors (Lipinski definition) is 2. The van der Waals surface area contributed by atoms with Crippen molar-refractivity contribution < 1.29 is 19.4 Å². The molecule has 2 aromatic carbocycles. The van der Waals surface area contributed by atoms with Gasteiger partial charge in [-0.3, -0.25) is 4.79 Å². The van der Waals surface area contributed by atoms with Gasteiger partial charge in [0.25, 0.3) is 5.91 Å². The molecule has 126 valence electrons. The van der Waals surface area contributed by atoms with E-state index in [4.69, 9.17) is 21.1 Å². The minimum atomic E-state index is -0.449. The number of amides is 1. The average molecular weight is 414 g/mol. The van der Waals surface area contributed by atoms with Gasteiger partial charge in [0.05, 0.1) is 17.8 Å². The number of para-hydroxylation sites is 1. The fourth-order valence-corrected chi connectivity index (χ4v) is 2.55. The van der Waals surface area contributed by atoms with Crippen LogP contribution in [0.4, 0.5) is 0 Å². The monoisotopic (exact) mass is 412 g/mol. The number of hydrazone groups is 1. The lowest BCUT2D eigenvalue weighted by molar-refractivity contribution is -0.123. The fraction of sp³-hybridized carbons (Fsp3) is 0.125. The van der Waals surface area contributed by atoms with Crippen LogP contribution in [-0.4, -0.2) is 30.9 Å². The van der Waals surface area contributed by atoms with E-state index in [0.717, 1.165) is 0 Å². The van der Waals surface area contributed by atoms with Gasteiger partial charge < -0.3 is 14.6 Å². The number of carbonyl (C=O) groups excluding carboxylic acids is 1. The lowest BCUT2D eigenvalue weighted by atomic mass is 10.2. The Kier molecular flexibility index (Phi) is 6.45. The minimum Gasteiger partial charge on any atom is -0.504 e. The molecule has 0 bridgehead atoms. The van der Waals surface area contributed by atoms with E-state index >= 15 is 0 Å². The molecule has 0 aliphatic carbocycles. The summed E-state index contributed by atoms with van der Waals surface area (Å²) in [5, 5.41) is 14.2. The fourth-order valence-electron chi connectivity index (χ4n) is 1.75. The Balaban J connectivity index is 1.89. The molecule has 0 aromatic heterocycles. The Bertz CT molecular complexity index is 768. The van der Waals surface area contributed by atoms with Crippen LogP contribution in [-0.2, 0) is 4.79 Å². The molecule has 0 aliphatic rings. The van der Waals surface area contributed by atoms with Gasteiger partial charge in [-0.2, -0.15) is 5.10 Å². The van der Waals surface area contributed by atoms with E-state index < -0.39 is 5.91 Å². The molecule has 1 amide bonds. The van der Waals surface area contributed by atoms with Crippen molar-refractivity contribution in [1.29, 1.82) is 0 Å². The van der Waals surface area contributed by atoms with Crippen molar-refractivity contribution in [2.45, 2.75) is 0 Å². The highest BCUT2D eigenvalue weighted by Crippen LogP contribution is 2.28. The van der Waals surface area contributed by atoms with Crippen molar-refractivity contribution in [3.8, 4) is 17.2 Å². The Morgan fingerprint density at radius 3 is 2.88 bits per heavy atom. The predicted octanol–water partition coefficient (Wildman–Crippen LogP) is 3.35. The molecule has 24 heavy (non-hydrogen) atoms. The molecule has 8 heteroatoms. The number of rotatable bonds is 6. The highest BCUT2D eigenvalue weighted by molar-refractivity contribution is 9.10. The second-order valence-electron chi connectivity index (χ2n) is 4.55. The molecule has 2 aromatic rings. The summed E-state index contributed by atoms with van der Waals surface area (Å²) in [7, 11) is 1.45. The molecule has 0 saturated carbocycles. The first-order valence-corrected chi connectivity index (χ1v) is 7.94. The molecule has 0 aliphatic heterocycles. The Labute approximate surface area is 152 Å². The lowest BCUT2D eigenvalue weighted by Gasteiger charge is -2.07. The summed E-state index contributed by atoms with van der Waals surface area (Å²) in [6.07, 6.45) is 1.31. The van der Waals surface area contributed by atoms with E-state index in [-0.39, 0.29) is 12.4 Å². The molecule has 0 spiro atoms. The summed E-state index contributed by atoms with van der Waals surface area (Å²) in [4.78, 5) is 11.7. The van der Waals surface area contributed by atoms with Crippen molar-refractivity contribution in [1.82, 2.24) is 5.43 Å². The number of methoxy groups -OCH3 is 1. The molecule has 2 N–H and O–H groups in total. The molecular formula is C16H14BrClN2O4. The van der Waals surface area contributed by atoms with Gasteiger partial charge in [0.1, 0.15) is 5.75 Å². The minimum absolute atomic E-state index is 0.0562. The van der Waals surface area contributed by atoms with Gasteiger partial charge in [-0.15, -0.1) is 0 Å². The predicted molar refractivity (Wildman–Crippen MR) is 95.0 cm³/mol. The Hall–Kier alpha value is -2.25. The zero-order chi connectivity index (χ0) is 17.5. The zero-order valence-electron chi connectivity index (χ0n) is 12.6. The third kappa shape index (κ3) is 4.87. The lowest BCUT2D eigenvalue weighted by Crippen LogP contribution is -2.24. The third-order valence-electron chi connectivity index (χ3n) is 2.90. The van der Waals surface area contributed by atoms with Crippen molar-refractivity contribution in [2.24, 2.45) is 5.10 Å². The highest BCUT2D eigenvalue weighted by atomic mass is 79.9. The number of nitrogens with zero attached hydrogens (tertiary/aromatic N) is 1. The van der Waals surface area contributed by atoms with Gasteiger partial charge in [0.2, 0.25) is 0 Å². The molecule has 0 radical (unpaired) electrons. The van der Waals surface area contributed by atoms with Crippen LogP contribution in [0.15, 0.2) is 46.0 Å². The largest absolute Gasteiger partial charge is 0.504 e. The van der Waals surface area contributed by atoms with Gasteiger partial charge in [-0.25, -0.2) is 5.43 Å². The van der Waals surface area contributed by atoms with Crippen LogP contribution in [0.25, 0.3) is 0 Å². The number of benzene rings is 2. The first-order chi connectivity index (χ1) is 11.5. The molecule has 6 nitrogen and oxygen atoms in total. The number of phenolic OH excluding ortho intramolecular Hbond substituents is 1. The van der Waals surface area contributed by atoms with E-state index in [9.17, 15) is 9.90 Å². The van der Waals surface area contributed by atoms with Crippen molar-refractivity contribution in [3.05, 3.63) is 51.5 Å². The SMILES string of the molecule is COc1cccc(C=NNC(=O)COc2ccc(Cl)cc2Br)c1O. The first-order valence-electron chi connectivity index (χ1n) is 6.77. The second-order valence-corrected chi connectivity index (χ2v) is 5.85. The van der Waals surface area contributed by atoms with Crippen LogP contribution < -0.4 is 14.9 Å². The van der Waals surface area contributed by atoms with E-state index in [1.54, 1.807) is 36.4 Å². The van der Waals surface area contributed by atoms with Gasteiger partial charge in [0, 0.05) is 10.6 Å². The van der Waals surface area contributed by atoms with Crippen molar-refractivity contribution >= 4 is 39.7 Å². The van der Waals surface area contributed by atoms with Gasteiger partial charge in [-0.1, -0.05) is 17.7 Å². The summed E-state index contributed by atoms with van der Waals surface area (Å²) < 4.78 is 11.0. The summed E-state index contributed by atoms with van der Waals surface area (Å²) >= 11 is 9.12. The van der Waals surface area contributed by atoms with Gasteiger partial charge in [0.15, 0.2) is 18.1 Å². The Morgan fingerprint density at radius 1 is 1.38 bits per heavy atom. The molecular weight excluding hydrogens is 400 g/mol. The molecule has 0 heterocycles. The molecule has 0 atom stereocenters. The molecule has 2 rings (SSSR count). The standard InChI is InChI=1S/C16H14BrClN2O4/c1-23-14-4-2-3-10(16(14)22)8-19-20-15(21)9-24-13-6-5-11(18)7-12(13)17/h2-8,22H,9H2,1H3,(H,20,21). The second kappa shape index (κ2) is 8.56.